The first-order chi connectivity index (χ1) is 8.26. The van der Waals surface area contributed by atoms with E-state index in [-0.39, 0.29) is 5.41 Å². The van der Waals surface area contributed by atoms with E-state index in [1.165, 1.54) is 0 Å². The van der Waals surface area contributed by atoms with Crippen LogP contribution in [0.1, 0.15) is 12.8 Å². The van der Waals surface area contributed by atoms with Crippen LogP contribution in [0, 0.1) is 5.41 Å². The van der Waals surface area contributed by atoms with Crippen molar-refractivity contribution in [3.8, 4) is 0 Å². The van der Waals surface area contributed by atoms with Gasteiger partial charge in [-0.3, -0.25) is 0 Å². The van der Waals surface area contributed by atoms with Gasteiger partial charge in [-0.15, -0.1) is 11.8 Å². The summed E-state index contributed by atoms with van der Waals surface area (Å²) in [4.78, 5) is 4.30. The van der Waals surface area contributed by atoms with Crippen LogP contribution in [0.4, 0.5) is 0 Å². The number of hydrogen-bond acceptors (Lipinski definition) is 4. The molecule has 94 valence electrons. The zero-order valence-electron chi connectivity index (χ0n) is 9.56. The van der Waals surface area contributed by atoms with Gasteiger partial charge in [0.2, 0.25) is 0 Å². The number of halogens is 1. The minimum absolute atomic E-state index is 0.271. The molecule has 2 heterocycles. The molecule has 0 amide bonds. The van der Waals surface area contributed by atoms with E-state index in [9.17, 15) is 0 Å². The quantitative estimate of drug-likeness (QED) is 0.677. The maximum atomic E-state index is 6.10. The summed E-state index contributed by atoms with van der Waals surface area (Å²) in [5, 5.41) is 1.65. The van der Waals surface area contributed by atoms with Crippen LogP contribution in [0.25, 0.3) is 0 Å². The Balaban J connectivity index is 1.98. The van der Waals surface area contributed by atoms with Crippen molar-refractivity contribution in [2.75, 3.05) is 24.7 Å². The van der Waals surface area contributed by atoms with Crippen molar-refractivity contribution in [2.24, 2.45) is 5.41 Å². The van der Waals surface area contributed by atoms with Gasteiger partial charge in [0.15, 0.2) is 0 Å². The molecule has 0 bridgehead atoms. The van der Waals surface area contributed by atoms with Crippen LogP contribution in [-0.4, -0.2) is 29.7 Å². The first-order valence-corrected chi connectivity index (χ1v) is 7.67. The van der Waals surface area contributed by atoms with E-state index in [4.69, 9.17) is 16.3 Å². The Hall–Kier alpha value is 0.1000. The molecule has 1 fully saturated rings. The summed E-state index contributed by atoms with van der Waals surface area (Å²) in [6.07, 6.45) is 3.94. The van der Waals surface area contributed by atoms with Gasteiger partial charge in [-0.2, -0.15) is 12.6 Å². The predicted molar refractivity (Wildman–Crippen MR) is 76.3 cm³/mol. The lowest BCUT2D eigenvalue weighted by Gasteiger charge is -2.35. The Morgan fingerprint density at radius 1 is 1.47 bits per heavy atom. The molecule has 1 aromatic heterocycles. The Morgan fingerprint density at radius 3 is 2.88 bits per heavy atom. The molecule has 0 saturated carbocycles. The second kappa shape index (κ2) is 6.32. The van der Waals surface area contributed by atoms with Gasteiger partial charge in [0.05, 0.1) is 5.02 Å². The molecule has 0 spiro atoms. The first-order valence-electron chi connectivity index (χ1n) is 5.68. The van der Waals surface area contributed by atoms with Crippen LogP contribution < -0.4 is 0 Å². The molecule has 0 aromatic carbocycles. The Morgan fingerprint density at radius 2 is 2.24 bits per heavy atom. The summed E-state index contributed by atoms with van der Waals surface area (Å²) in [5.74, 6) is 1.91. The van der Waals surface area contributed by atoms with Crippen molar-refractivity contribution in [1.29, 1.82) is 0 Å². The van der Waals surface area contributed by atoms with Crippen molar-refractivity contribution in [2.45, 2.75) is 17.9 Å². The van der Waals surface area contributed by atoms with E-state index in [0.717, 1.165) is 47.6 Å². The van der Waals surface area contributed by atoms with Gasteiger partial charge in [0.25, 0.3) is 0 Å². The lowest BCUT2D eigenvalue weighted by Crippen LogP contribution is -2.33. The molecule has 0 radical (unpaired) electrons. The van der Waals surface area contributed by atoms with Gasteiger partial charge in [-0.1, -0.05) is 11.6 Å². The van der Waals surface area contributed by atoms with E-state index in [1.54, 1.807) is 18.0 Å². The first kappa shape index (κ1) is 13.5. The van der Waals surface area contributed by atoms with E-state index in [1.807, 2.05) is 12.1 Å². The number of aromatic nitrogens is 1. The Kier molecular flexibility index (Phi) is 5.03. The highest BCUT2D eigenvalue weighted by Crippen LogP contribution is 2.38. The predicted octanol–water partition coefficient (Wildman–Crippen LogP) is 3.55. The molecule has 0 N–H and O–H groups in total. The number of hydrogen-bond donors (Lipinski definition) is 1. The summed E-state index contributed by atoms with van der Waals surface area (Å²) in [7, 11) is 0. The van der Waals surface area contributed by atoms with Crippen LogP contribution in [0.3, 0.4) is 0 Å². The number of pyridine rings is 1. The SMILES string of the molecule is SCC1(CSc2ncccc2Cl)CCOCC1. The second-order valence-corrected chi connectivity index (χ2v) is 6.04. The fourth-order valence-electron chi connectivity index (χ4n) is 1.85. The van der Waals surface area contributed by atoms with Gasteiger partial charge in [0.1, 0.15) is 5.03 Å². The minimum Gasteiger partial charge on any atom is -0.381 e. The van der Waals surface area contributed by atoms with E-state index >= 15 is 0 Å². The number of rotatable bonds is 4. The summed E-state index contributed by atoms with van der Waals surface area (Å²) in [6.45, 7) is 1.69. The van der Waals surface area contributed by atoms with Gasteiger partial charge in [0, 0.05) is 25.2 Å². The number of ether oxygens (including phenoxy) is 1. The summed E-state index contributed by atoms with van der Waals surface area (Å²) in [5.41, 5.74) is 0.271. The topological polar surface area (TPSA) is 22.1 Å². The molecule has 0 unspecified atom stereocenters. The molecule has 2 rings (SSSR count). The molecule has 17 heavy (non-hydrogen) atoms. The highest BCUT2D eigenvalue weighted by molar-refractivity contribution is 7.99. The molecule has 1 aromatic rings. The summed E-state index contributed by atoms with van der Waals surface area (Å²) in [6, 6.07) is 3.74. The summed E-state index contributed by atoms with van der Waals surface area (Å²) >= 11 is 12.3. The minimum atomic E-state index is 0.271. The van der Waals surface area contributed by atoms with Crippen molar-refractivity contribution in [3.63, 3.8) is 0 Å². The van der Waals surface area contributed by atoms with Gasteiger partial charge in [-0.25, -0.2) is 4.98 Å². The van der Waals surface area contributed by atoms with Crippen LogP contribution in [0.5, 0.6) is 0 Å². The van der Waals surface area contributed by atoms with Crippen LogP contribution >= 0.6 is 36.0 Å². The third kappa shape index (κ3) is 3.53. The third-order valence-electron chi connectivity index (χ3n) is 3.13. The fourth-order valence-corrected chi connectivity index (χ4v) is 3.89. The number of thiol groups is 1. The highest BCUT2D eigenvalue weighted by Gasteiger charge is 2.31. The van der Waals surface area contributed by atoms with Crippen LogP contribution in [0.2, 0.25) is 5.02 Å². The largest absolute Gasteiger partial charge is 0.381 e. The highest BCUT2D eigenvalue weighted by atomic mass is 35.5. The molecular weight excluding hydrogens is 274 g/mol. The average Bonchev–Trinajstić information content (AvgIpc) is 2.39. The maximum Gasteiger partial charge on any atom is 0.115 e. The van der Waals surface area contributed by atoms with Crippen molar-refractivity contribution in [1.82, 2.24) is 4.98 Å². The lowest BCUT2D eigenvalue weighted by molar-refractivity contribution is 0.0371. The molecule has 1 saturated heterocycles. The monoisotopic (exact) mass is 289 g/mol. The van der Waals surface area contributed by atoms with Crippen molar-refractivity contribution >= 4 is 36.0 Å². The smallest absolute Gasteiger partial charge is 0.115 e. The maximum absolute atomic E-state index is 6.10. The van der Waals surface area contributed by atoms with E-state index < -0.39 is 0 Å². The number of thioether (sulfide) groups is 1. The molecule has 0 atom stereocenters. The van der Waals surface area contributed by atoms with Crippen LogP contribution in [-0.2, 0) is 4.74 Å². The second-order valence-electron chi connectivity index (χ2n) is 4.35. The van der Waals surface area contributed by atoms with Gasteiger partial charge >= 0.3 is 0 Å². The molecule has 2 nitrogen and oxygen atoms in total. The number of nitrogens with zero attached hydrogens (tertiary/aromatic N) is 1. The Labute approximate surface area is 117 Å². The van der Waals surface area contributed by atoms with Gasteiger partial charge < -0.3 is 4.74 Å². The van der Waals surface area contributed by atoms with Crippen LogP contribution in [0.15, 0.2) is 23.4 Å². The molecule has 0 aliphatic carbocycles. The third-order valence-corrected chi connectivity index (χ3v) is 5.57. The molecule has 1 aliphatic heterocycles. The molecule has 5 heteroatoms. The standard InChI is InChI=1S/C12H16ClNOS2/c13-10-2-1-5-14-11(10)17-9-12(8-16)3-6-15-7-4-12/h1-2,5,16H,3-4,6-9H2. The van der Waals surface area contributed by atoms with Crippen molar-refractivity contribution < 1.29 is 4.74 Å². The van der Waals surface area contributed by atoms with Crippen molar-refractivity contribution in [3.05, 3.63) is 23.4 Å². The van der Waals surface area contributed by atoms with Gasteiger partial charge in [-0.05, 0) is 36.1 Å². The fraction of sp³-hybridized carbons (Fsp3) is 0.583. The normalized spacial score (nSPS) is 19.2. The average molecular weight is 290 g/mol. The zero-order chi connectivity index (χ0) is 12.1. The Bertz CT molecular complexity index is 369. The van der Waals surface area contributed by atoms with E-state index in [2.05, 4.69) is 17.6 Å². The molecule has 1 aliphatic rings. The summed E-state index contributed by atoms with van der Waals surface area (Å²) < 4.78 is 5.42. The zero-order valence-corrected chi connectivity index (χ0v) is 12.0. The lowest BCUT2D eigenvalue weighted by atomic mass is 9.84. The van der Waals surface area contributed by atoms with E-state index in [0.29, 0.717) is 0 Å². The molecular formula is C12H16ClNOS2.